The zero-order valence-corrected chi connectivity index (χ0v) is 25.1. The molecule has 0 unspecified atom stereocenters. The first-order valence-electron chi connectivity index (χ1n) is 14.8. The second kappa shape index (κ2) is 21.3. The maximum absolute atomic E-state index is 12.2. The third kappa shape index (κ3) is 17.0. The van der Waals surface area contributed by atoms with Gasteiger partial charge < -0.3 is 9.79 Å². The van der Waals surface area contributed by atoms with E-state index in [0.717, 1.165) is 13.0 Å². The van der Waals surface area contributed by atoms with E-state index in [4.69, 9.17) is 27.1 Å². The number of phosphoric acid groups is 2. The largest absolute Gasteiger partial charge is 0.606 e. The number of phosphoric ester groups is 2. The lowest BCUT2D eigenvalue weighted by atomic mass is 10.0. The van der Waals surface area contributed by atoms with Crippen molar-refractivity contribution in [2.75, 3.05) is 59.3 Å². The van der Waals surface area contributed by atoms with Crippen LogP contribution in [0.5, 0.6) is 0 Å². The van der Waals surface area contributed by atoms with Gasteiger partial charge in [0.2, 0.25) is 0 Å². The summed E-state index contributed by atoms with van der Waals surface area (Å²) in [6.07, 6.45) is 21.4. The van der Waals surface area contributed by atoms with Gasteiger partial charge in [0.25, 0.3) is 0 Å². The molecule has 0 N–H and O–H groups in total. The highest BCUT2D eigenvalue weighted by Gasteiger charge is 2.39. The Balaban J connectivity index is 1.46. The highest BCUT2D eigenvalue weighted by atomic mass is 31.2. The van der Waals surface area contributed by atoms with Gasteiger partial charge in [0.05, 0.1) is 0 Å². The first kappa shape index (κ1) is 33.7. The average molecular weight is 570 g/mol. The van der Waals surface area contributed by atoms with E-state index in [1.54, 1.807) is 0 Å². The lowest BCUT2D eigenvalue weighted by molar-refractivity contribution is -0.237. The molecule has 0 aromatic rings. The van der Waals surface area contributed by atoms with E-state index in [2.05, 4.69) is 11.8 Å². The predicted octanol–water partition coefficient (Wildman–Crippen LogP) is 5.75. The molecule has 11 heteroatoms. The standard InChI is InChI=1S/C26H53NO8P2/c1-2-3-4-5-6-7-8-9-10-11-12-13-14-15-16-17-18-27(19-21-30-36(28)32-23-24-33-36)20-22-31-37(29)34-25-26-35-37/h2-26H2,1H3. The van der Waals surface area contributed by atoms with Crippen molar-refractivity contribution < 1.29 is 36.9 Å². The molecule has 0 radical (unpaired) electrons. The van der Waals surface area contributed by atoms with Gasteiger partial charge in [-0.25, -0.2) is 0 Å². The van der Waals surface area contributed by atoms with Crippen LogP contribution in [0.25, 0.3) is 0 Å². The Kier molecular flexibility index (Phi) is 19.4. The smallest absolute Gasteiger partial charge is 0.379 e. The zero-order valence-electron chi connectivity index (χ0n) is 23.3. The Morgan fingerprint density at radius 1 is 0.514 bits per heavy atom. The van der Waals surface area contributed by atoms with Crippen LogP contribution in [0.2, 0.25) is 0 Å². The molecule has 0 aliphatic carbocycles. The molecular formula is C26H53NO8P2. The number of unbranched alkanes of at least 4 members (excludes halogenated alkanes) is 15. The van der Waals surface area contributed by atoms with Gasteiger partial charge in [-0.05, 0) is 13.0 Å². The number of nitrogens with zero attached hydrogens (tertiary/aromatic N) is 1. The van der Waals surface area contributed by atoms with E-state index < -0.39 is 16.3 Å². The molecule has 2 heterocycles. The lowest BCUT2D eigenvalue weighted by Gasteiger charge is -2.25. The van der Waals surface area contributed by atoms with E-state index >= 15 is 0 Å². The molecule has 37 heavy (non-hydrogen) atoms. The summed E-state index contributed by atoms with van der Waals surface area (Å²) in [7, 11) is -6.77. The fraction of sp³-hybridized carbons (Fsp3) is 1.00. The first-order chi connectivity index (χ1) is 18.1. The van der Waals surface area contributed by atoms with Crippen LogP contribution in [0.15, 0.2) is 0 Å². The van der Waals surface area contributed by atoms with E-state index in [1.165, 1.54) is 96.3 Å². The summed E-state index contributed by atoms with van der Waals surface area (Å²) in [4.78, 5) is 26.5. The second-order valence-corrected chi connectivity index (χ2v) is 13.4. The highest BCUT2D eigenvalue weighted by molar-refractivity contribution is 7.54. The van der Waals surface area contributed by atoms with E-state index in [1.807, 2.05) is 0 Å². The summed E-state index contributed by atoms with van der Waals surface area (Å²) in [5.41, 5.74) is 0. The summed E-state index contributed by atoms with van der Waals surface area (Å²) in [6.45, 7) is 5.91. The third-order valence-corrected chi connectivity index (χ3v) is 9.80. The van der Waals surface area contributed by atoms with Crippen LogP contribution in [0.1, 0.15) is 110 Å². The monoisotopic (exact) mass is 569 g/mol. The Morgan fingerprint density at radius 2 is 0.838 bits per heavy atom. The van der Waals surface area contributed by atoms with Crippen molar-refractivity contribution in [1.29, 1.82) is 0 Å². The fourth-order valence-electron chi connectivity index (χ4n) is 4.60. The minimum atomic E-state index is -3.39. The summed E-state index contributed by atoms with van der Waals surface area (Å²) in [5, 5.41) is 0. The number of hydrogen-bond donors (Lipinski definition) is 0. The van der Waals surface area contributed by atoms with Gasteiger partial charge in [-0.2, -0.15) is 27.1 Å². The molecule has 0 aromatic carbocycles. The normalized spacial score (nSPS) is 18.8. The minimum absolute atomic E-state index is 0.237. The van der Waals surface area contributed by atoms with E-state index in [0.29, 0.717) is 39.5 Å². The molecule has 2 aliphatic heterocycles. The summed E-state index contributed by atoms with van der Waals surface area (Å²) in [5.74, 6) is 0. The molecule has 9 nitrogen and oxygen atoms in total. The van der Waals surface area contributed by atoms with Gasteiger partial charge in [0.1, 0.15) is 39.6 Å². The molecule has 220 valence electrons. The summed E-state index contributed by atoms with van der Waals surface area (Å²) < 4.78 is 31.1. The van der Waals surface area contributed by atoms with Crippen LogP contribution in [0.3, 0.4) is 0 Å². The van der Waals surface area contributed by atoms with Crippen molar-refractivity contribution in [3.8, 4) is 0 Å². The van der Waals surface area contributed by atoms with Gasteiger partial charge in [0, 0.05) is 13.1 Å². The molecule has 0 aromatic heterocycles. The summed E-state index contributed by atoms with van der Waals surface area (Å²) >= 11 is 0. The van der Waals surface area contributed by atoms with E-state index in [9.17, 15) is 9.79 Å². The van der Waals surface area contributed by atoms with Crippen LogP contribution in [0.4, 0.5) is 0 Å². The van der Waals surface area contributed by atoms with Crippen LogP contribution in [-0.4, -0.2) is 64.2 Å². The van der Waals surface area contributed by atoms with E-state index in [-0.39, 0.29) is 13.2 Å². The maximum Gasteiger partial charge on any atom is 0.379 e. The Morgan fingerprint density at radius 3 is 1.19 bits per heavy atom. The molecule has 2 fully saturated rings. The van der Waals surface area contributed by atoms with Gasteiger partial charge in [-0.3, -0.25) is 4.90 Å². The highest BCUT2D eigenvalue weighted by Crippen LogP contribution is 2.57. The average Bonchev–Trinajstić information content (AvgIpc) is 3.52. The van der Waals surface area contributed by atoms with Crippen molar-refractivity contribution in [3.63, 3.8) is 0 Å². The van der Waals surface area contributed by atoms with Gasteiger partial charge >= 0.3 is 16.3 Å². The Bertz CT molecular complexity index is 509. The molecule has 0 amide bonds. The van der Waals surface area contributed by atoms with Crippen molar-refractivity contribution in [2.45, 2.75) is 110 Å². The molecule has 2 aliphatic rings. The molecular weight excluding hydrogens is 516 g/mol. The molecule has 0 bridgehead atoms. The molecule has 2 rings (SSSR count). The zero-order chi connectivity index (χ0) is 26.5. The lowest BCUT2D eigenvalue weighted by Crippen LogP contribution is -2.33. The number of rotatable bonds is 25. The third-order valence-electron chi connectivity index (χ3n) is 6.81. The topological polar surface area (TPSA) is 105 Å². The van der Waals surface area contributed by atoms with Crippen LogP contribution in [-0.2, 0) is 27.1 Å². The Hall–Kier alpha value is 0.500. The molecule has 2 saturated heterocycles. The molecule has 0 saturated carbocycles. The van der Waals surface area contributed by atoms with Crippen molar-refractivity contribution >= 4 is 16.3 Å². The first-order valence-corrected chi connectivity index (χ1v) is 17.8. The van der Waals surface area contributed by atoms with Crippen molar-refractivity contribution in [1.82, 2.24) is 4.90 Å². The molecule has 0 atom stereocenters. The predicted molar refractivity (Wildman–Crippen MR) is 146 cm³/mol. The Labute approximate surface area is 227 Å². The van der Waals surface area contributed by atoms with Crippen LogP contribution < -0.4 is 9.79 Å². The van der Waals surface area contributed by atoms with Crippen LogP contribution >= 0.6 is 16.3 Å². The second-order valence-electron chi connectivity index (χ2n) is 10.0. The van der Waals surface area contributed by atoms with Crippen molar-refractivity contribution in [2.24, 2.45) is 0 Å². The van der Waals surface area contributed by atoms with Crippen LogP contribution in [0, 0.1) is 0 Å². The van der Waals surface area contributed by atoms with Crippen molar-refractivity contribution in [3.05, 3.63) is 0 Å². The van der Waals surface area contributed by atoms with Gasteiger partial charge in [-0.15, -0.1) is 0 Å². The quantitative estimate of drug-likeness (QED) is 0.100. The number of hydrogen-bond acceptors (Lipinski definition) is 9. The molecule has 0 spiro atoms. The minimum Gasteiger partial charge on any atom is -0.606 e. The summed E-state index contributed by atoms with van der Waals surface area (Å²) in [6, 6.07) is 0. The fourth-order valence-corrected chi connectivity index (χ4v) is 6.85. The maximum atomic E-state index is 12.2. The van der Waals surface area contributed by atoms with Gasteiger partial charge in [-0.1, -0.05) is 103 Å². The van der Waals surface area contributed by atoms with Gasteiger partial charge in [0.15, 0.2) is 0 Å². The SMILES string of the molecule is CCCCCCCCCCCCCCCCCCN(CCO[P+]1([O-])OCCO1)CCO[P+]1([O-])OCCO1.